The van der Waals surface area contributed by atoms with Crippen LogP contribution >= 0.6 is 0 Å². The quantitative estimate of drug-likeness (QED) is 0.795. The van der Waals surface area contributed by atoms with Gasteiger partial charge in [0.15, 0.2) is 0 Å². The lowest BCUT2D eigenvalue weighted by atomic mass is 10.4. The standard InChI is InChI=1S/C11H15N5O2S/c1-15-4-6-16(7-5-15)14-19(17,18)11-3-2-10(8-12)13-9-11/h2-3,9,14H,4-7H2,1H3. The maximum Gasteiger partial charge on any atom is 0.254 e. The Kier molecular flexibility index (Phi) is 4.11. The van der Waals surface area contributed by atoms with Crippen LogP contribution < -0.4 is 4.83 Å². The smallest absolute Gasteiger partial charge is 0.254 e. The Hall–Kier alpha value is -1.53. The fraction of sp³-hybridized carbons (Fsp3) is 0.455. The number of hydrazine groups is 1. The van der Waals surface area contributed by atoms with Gasteiger partial charge in [0.1, 0.15) is 16.7 Å². The van der Waals surface area contributed by atoms with Gasteiger partial charge in [0, 0.05) is 32.4 Å². The lowest BCUT2D eigenvalue weighted by Crippen LogP contribution is -2.52. The molecule has 1 fully saturated rings. The Morgan fingerprint density at radius 1 is 1.32 bits per heavy atom. The first-order chi connectivity index (χ1) is 9.01. The van der Waals surface area contributed by atoms with Gasteiger partial charge in [-0.1, -0.05) is 0 Å². The van der Waals surface area contributed by atoms with E-state index in [2.05, 4.69) is 14.7 Å². The molecule has 0 saturated carbocycles. The summed E-state index contributed by atoms with van der Waals surface area (Å²) in [6.07, 6.45) is 1.19. The van der Waals surface area contributed by atoms with Gasteiger partial charge < -0.3 is 4.90 Å². The maximum absolute atomic E-state index is 12.1. The number of rotatable bonds is 3. The molecule has 1 aromatic rings. The average Bonchev–Trinajstić information content (AvgIpc) is 2.41. The number of nitrogens with zero attached hydrogens (tertiary/aromatic N) is 4. The number of likely N-dealkylation sites (N-methyl/N-ethyl adjacent to an activating group) is 1. The summed E-state index contributed by atoms with van der Waals surface area (Å²) in [5.74, 6) is 0. The predicted molar refractivity (Wildman–Crippen MR) is 68.3 cm³/mol. The summed E-state index contributed by atoms with van der Waals surface area (Å²) in [5, 5.41) is 10.3. The summed E-state index contributed by atoms with van der Waals surface area (Å²) >= 11 is 0. The highest BCUT2D eigenvalue weighted by Gasteiger charge is 2.21. The molecule has 102 valence electrons. The molecule has 8 heteroatoms. The van der Waals surface area contributed by atoms with E-state index in [9.17, 15) is 8.42 Å². The minimum Gasteiger partial charge on any atom is -0.304 e. The highest BCUT2D eigenvalue weighted by Crippen LogP contribution is 2.09. The largest absolute Gasteiger partial charge is 0.304 e. The number of piperazine rings is 1. The zero-order valence-corrected chi connectivity index (χ0v) is 11.4. The molecule has 0 amide bonds. The van der Waals surface area contributed by atoms with Gasteiger partial charge in [-0.3, -0.25) is 0 Å². The molecule has 1 aromatic heterocycles. The number of nitrogens with one attached hydrogen (secondary N) is 1. The Morgan fingerprint density at radius 3 is 2.53 bits per heavy atom. The summed E-state index contributed by atoms with van der Waals surface area (Å²) in [4.78, 5) is 8.48. The molecular formula is C11H15N5O2S. The molecular weight excluding hydrogens is 266 g/mol. The van der Waals surface area contributed by atoms with E-state index in [1.165, 1.54) is 18.3 Å². The van der Waals surface area contributed by atoms with Crippen molar-refractivity contribution in [1.82, 2.24) is 19.7 Å². The Balaban J connectivity index is 2.07. The molecule has 0 aliphatic carbocycles. The topological polar surface area (TPSA) is 89.3 Å². The Labute approximate surface area is 112 Å². The van der Waals surface area contributed by atoms with Gasteiger partial charge >= 0.3 is 0 Å². The van der Waals surface area contributed by atoms with Crippen molar-refractivity contribution in [2.24, 2.45) is 0 Å². The predicted octanol–water partition coefficient (Wildman–Crippen LogP) is -0.606. The fourth-order valence-corrected chi connectivity index (χ4v) is 2.79. The van der Waals surface area contributed by atoms with Crippen molar-refractivity contribution in [1.29, 1.82) is 5.26 Å². The number of hydrogen-bond donors (Lipinski definition) is 1. The van der Waals surface area contributed by atoms with Gasteiger partial charge in [-0.25, -0.2) is 18.4 Å². The number of pyridine rings is 1. The SMILES string of the molecule is CN1CCN(NS(=O)(=O)c2ccc(C#N)nc2)CC1. The van der Waals surface area contributed by atoms with Crippen molar-refractivity contribution in [2.75, 3.05) is 33.2 Å². The van der Waals surface area contributed by atoms with E-state index in [0.717, 1.165) is 13.1 Å². The van der Waals surface area contributed by atoms with Crippen LogP contribution in [0, 0.1) is 11.3 Å². The zero-order chi connectivity index (χ0) is 13.9. The Bertz CT molecular complexity index is 570. The second-order valence-electron chi connectivity index (χ2n) is 4.38. The third-order valence-corrected chi connectivity index (χ3v) is 4.27. The molecule has 0 aromatic carbocycles. The second-order valence-corrected chi connectivity index (χ2v) is 6.04. The van der Waals surface area contributed by atoms with Crippen molar-refractivity contribution >= 4 is 10.0 Å². The lowest BCUT2D eigenvalue weighted by Gasteiger charge is -2.32. The molecule has 19 heavy (non-hydrogen) atoms. The van der Waals surface area contributed by atoms with Crippen molar-refractivity contribution in [2.45, 2.75) is 4.90 Å². The lowest BCUT2D eigenvalue weighted by molar-refractivity contribution is 0.135. The summed E-state index contributed by atoms with van der Waals surface area (Å²) < 4.78 is 24.2. The fourth-order valence-electron chi connectivity index (χ4n) is 1.73. The molecule has 1 saturated heterocycles. The molecule has 7 nitrogen and oxygen atoms in total. The van der Waals surface area contributed by atoms with Crippen LogP contribution in [0.4, 0.5) is 0 Å². The van der Waals surface area contributed by atoms with E-state index >= 15 is 0 Å². The first-order valence-corrected chi connectivity index (χ1v) is 7.32. The molecule has 0 bridgehead atoms. The van der Waals surface area contributed by atoms with Crippen molar-refractivity contribution in [3.63, 3.8) is 0 Å². The summed E-state index contributed by atoms with van der Waals surface area (Å²) in [5.41, 5.74) is 0.193. The van der Waals surface area contributed by atoms with Crippen LogP contribution in [-0.2, 0) is 10.0 Å². The van der Waals surface area contributed by atoms with Gasteiger partial charge in [0.25, 0.3) is 10.0 Å². The van der Waals surface area contributed by atoms with Crippen LogP contribution in [0.5, 0.6) is 0 Å². The molecule has 0 atom stereocenters. The third kappa shape index (κ3) is 3.48. The van der Waals surface area contributed by atoms with Gasteiger partial charge in [-0.05, 0) is 19.2 Å². The van der Waals surface area contributed by atoms with Crippen LogP contribution in [0.1, 0.15) is 5.69 Å². The van der Waals surface area contributed by atoms with E-state index in [4.69, 9.17) is 5.26 Å². The minimum atomic E-state index is -3.62. The van der Waals surface area contributed by atoms with Crippen molar-refractivity contribution in [3.8, 4) is 6.07 Å². The maximum atomic E-state index is 12.1. The van der Waals surface area contributed by atoms with Crippen LogP contribution in [-0.4, -0.2) is 56.5 Å². The van der Waals surface area contributed by atoms with E-state index in [1.807, 2.05) is 13.1 Å². The number of nitriles is 1. The van der Waals surface area contributed by atoms with E-state index in [0.29, 0.717) is 13.1 Å². The highest BCUT2D eigenvalue weighted by molar-refractivity contribution is 7.89. The highest BCUT2D eigenvalue weighted by atomic mass is 32.2. The van der Waals surface area contributed by atoms with Crippen molar-refractivity contribution in [3.05, 3.63) is 24.0 Å². The van der Waals surface area contributed by atoms with E-state index < -0.39 is 10.0 Å². The van der Waals surface area contributed by atoms with Crippen LogP contribution in [0.2, 0.25) is 0 Å². The monoisotopic (exact) mass is 281 g/mol. The molecule has 2 heterocycles. The number of aromatic nitrogens is 1. The molecule has 2 rings (SSSR count). The van der Waals surface area contributed by atoms with Gasteiger partial charge in [-0.2, -0.15) is 5.26 Å². The number of hydrogen-bond acceptors (Lipinski definition) is 6. The summed E-state index contributed by atoms with van der Waals surface area (Å²) in [6, 6.07) is 4.62. The average molecular weight is 281 g/mol. The first kappa shape index (κ1) is 13.9. The van der Waals surface area contributed by atoms with Gasteiger partial charge in [-0.15, -0.1) is 4.83 Å². The molecule has 0 unspecified atom stereocenters. The first-order valence-electron chi connectivity index (χ1n) is 5.83. The zero-order valence-electron chi connectivity index (χ0n) is 10.6. The summed E-state index contributed by atoms with van der Waals surface area (Å²) in [7, 11) is -1.62. The van der Waals surface area contributed by atoms with E-state index in [1.54, 1.807) is 5.01 Å². The second kappa shape index (κ2) is 5.63. The minimum absolute atomic E-state index is 0.0606. The molecule has 0 radical (unpaired) electrons. The molecule has 1 aliphatic heterocycles. The normalized spacial score (nSPS) is 18.1. The Morgan fingerprint density at radius 2 is 2.00 bits per heavy atom. The van der Waals surface area contributed by atoms with Crippen LogP contribution in [0.25, 0.3) is 0 Å². The molecule has 1 aliphatic rings. The van der Waals surface area contributed by atoms with Gasteiger partial charge in [0.05, 0.1) is 0 Å². The molecule has 1 N–H and O–H groups in total. The molecule has 0 spiro atoms. The van der Waals surface area contributed by atoms with Crippen LogP contribution in [0.15, 0.2) is 23.2 Å². The van der Waals surface area contributed by atoms with Crippen molar-refractivity contribution < 1.29 is 8.42 Å². The number of sulfonamides is 1. The summed E-state index contributed by atoms with van der Waals surface area (Å²) in [6.45, 7) is 2.90. The third-order valence-electron chi connectivity index (χ3n) is 2.91. The van der Waals surface area contributed by atoms with Crippen LogP contribution in [0.3, 0.4) is 0 Å². The van der Waals surface area contributed by atoms with Gasteiger partial charge in [0.2, 0.25) is 0 Å². The van der Waals surface area contributed by atoms with E-state index in [-0.39, 0.29) is 10.6 Å².